The van der Waals surface area contributed by atoms with E-state index in [9.17, 15) is 4.79 Å². The molecule has 0 aliphatic heterocycles. The molecule has 0 radical (unpaired) electrons. The Bertz CT molecular complexity index is 377. The van der Waals surface area contributed by atoms with Crippen LogP contribution in [0.2, 0.25) is 0 Å². The van der Waals surface area contributed by atoms with Crippen LogP contribution in [0.5, 0.6) is 0 Å². The molecule has 0 aromatic rings. The third kappa shape index (κ3) is 2.98. The van der Waals surface area contributed by atoms with E-state index in [0.717, 1.165) is 0 Å². The lowest BCUT2D eigenvalue weighted by Gasteiger charge is -2.57. The van der Waals surface area contributed by atoms with Crippen molar-refractivity contribution >= 4 is 5.91 Å². The molecule has 21 heavy (non-hydrogen) atoms. The van der Waals surface area contributed by atoms with Crippen LogP contribution in [0.3, 0.4) is 0 Å². The Morgan fingerprint density at radius 1 is 1.33 bits per heavy atom. The molecule has 3 atom stereocenters. The molecule has 2 aliphatic rings. The summed E-state index contributed by atoms with van der Waals surface area (Å²) in [5.74, 6) is 0.610. The summed E-state index contributed by atoms with van der Waals surface area (Å²) in [6, 6.07) is 0.222. The van der Waals surface area contributed by atoms with Crippen molar-refractivity contribution in [3.63, 3.8) is 0 Å². The highest BCUT2D eigenvalue weighted by molar-refractivity contribution is 5.89. The lowest BCUT2D eigenvalue weighted by atomic mass is 9.54. The fourth-order valence-electron chi connectivity index (χ4n) is 3.91. The van der Waals surface area contributed by atoms with Gasteiger partial charge in [0.2, 0.25) is 5.91 Å². The van der Waals surface area contributed by atoms with Gasteiger partial charge in [-0.2, -0.15) is 0 Å². The van der Waals surface area contributed by atoms with Crippen molar-refractivity contribution in [2.24, 2.45) is 17.1 Å². The predicted molar refractivity (Wildman–Crippen MR) is 84.9 cm³/mol. The number of hydrogen-bond donors (Lipinski definition) is 2. The van der Waals surface area contributed by atoms with E-state index in [2.05, 4.69) is 12.2 Å². The lowest BCUT2D eigenvalue weighted by molar-refractivity contribution is -0.171. The molecule has 0 aromatic heterocycles. The number of nitrogens with two attached hydrogens (primary N) is 1. The fourth-order valence-corrected chi connectivity index (χ4v) is 3.91. The Balaban J connectivity index is 1.93. The van der Waals surface area contributed by atoms with Crippen LogP contribution in [0, 0.1) is 11.3 Å². The average molecular weight is 296 g/mol. The van der Waals surface area contributed by atoms with Crippen molar-refractivity contribution in [2.45, 2.75) is 83.9 Å². The Labute approximate surface area is 129 Å². The van der Waals surface area contributed by atoms with Gasteiger partial charge in [-0.15, -0.1) is 0 Å². The van der Waals surface area contributed by atoms with Gasteiger partial charge in [-0.1, -0.05) is 33.1 Å². The molecular formula is C17H32N2O2. The Morgan fingerprint density at radius 2 is 1.95 bits per heavy atom. The van der Waals surface area contributed by atoms with Crippen molar-refractivity contribution < 1.29 is 9.53 Å². The summed E-state index contributed by atoms with van der Waals surface area (Å²) < 4.78 is 5.70. The Hall–Kier alpha value is -0.610. The normalized spacial score (nSPS) is 34.0. The van der Waals surface area contributed by atoms with Crippen LogP contribution in [0.4, 0.5) is 0 Å². The zero-order valence-corrected chi connectivity index (χ0v) is 14.1. The standard InChI is InChI=1S/C17H32N2O2/c1-5-21-14-11-17(18,16(14,3)4)15(20)19-12(2)13-9-7-6-8-10-13/h12-14H,5-11,18H2,1-4H3,(H,19,20)/t12-,14?,17?/m0/s1. The van der Waals surface area contributed by atoms with Gasteiger partial charge in [-0.25, -0.2) is 0 Å². The molecule has 4 heteroatoms. The molecule has 2 rings (SSSR count). The van der Waals surface area contributed by atoms with Gasteiger partial charge >= 0.3 is 0 Å². The first-order valence-corrected chi connectivity index (χ1v) is 8.54. The van der Waals surface area contributed by atoms with E-state index in [-0.39, 0.29) is 23.5 Å². The maximum Gasteiger partial charge on any atom is 0.241 e. The minimum atomic E-state index is -0.796. The van der Waals surface area contributed by atoms with E-state index >= 15 is 0 Å². The van der Waals surface area contributed by atoms with Crippen LogP contribution >= 0.6 is 0 Å². The van der Waals surface area contributed by atoms with Gasteiger partial charge in [-0.3, -0.25) is 4.79 Å². The number of amides is 1. The van der Waals surface area contributed by atoms with E-state index in [1.54, 1.807) is 0 Å². The second kappa shape index (κ2) is 6.25. The first kappa shape index (κ1) is 16.8. The van der Waals surface area contributed by atoms with Crippen molar-refractivity contribution in [3.8, 4) is 0 Å². The minimum Gasteiger partial charge on any atom is -0.378 e. The molecule has 4 nitrogen and oxygen atoms in total. The fraction of sp³-hybridized carbons (Fsp3) is 0.941. The monoisotopic (exact) mass is 296 g/mol. The molecule has 2 saturated carbocycles. The van der Waals surface area contributed by atoms with Crippen LogP contribution in [0.25, 0.3) is 0 Å². The lowest BCUT2D eigenvalue weighted by Crippen LogP contribution is -2.76. The second-order valence-electron chi connectivity index (χ2n) is 7.50. The zero-order chi connectivity index (χ0) is 15.7. The molecule has 122 valence electrons. The van der Waals surface area contributed by atoms with E-state index in [4.69, 9.17) is 10.5 Å². The van der Waals surface area contributed by atoms with Crippen molar-refractivity contribution in [1.82, 2.24) is 5.32 Å². The molecule has 0 aromatic carbocycles. The SMILES string of the molecule is CCOC1CC(N)(C(=O)N[C@@H](C)C2CCCCC2)C1(C)C. The summed E-state index contributed by atoms with van der Waals surface area (Å²) in [7, 11) is 0. The van der Waals surface area contributed by atoms with Crippen LogP contribution in [0.1, 0.15) is 66.2 Å². The number of hydrogen-bond acceptors (Lipinski definition) is 3. The first-order chi connectivity index (χ1) is 9.83. The quantitative estimate of drug-likeness (QED) is 0.819. The molecule has 0 bridgehead atoms. The molecule has 0 spiro atoms. The summed E-state index contributed by atoms with van der Waals surface area (Å²) in [6.07, 6.45) is 7.07. The highest BCUT2D eigenvalue weighted by atomic mass is 16.5. The van der Waals surface area contributed by atoms with Gasteiger partial charge in [0.25, 0.3) is 0 Å². The molecule has 3 N–H and O–H groups in total. The molecule has 0 saturated heterocycles. The van der Waals surface area contributed by atoms with Gasteiger partial charge < -0.3 is 15.8 Å². The number of rotatable bonds is 5. The second-order valence-corrected chi connectivity index (χ2v) is 7.50. The number of carbonyl (C=O) groups excluding carboxylic acids is 1. The highest BCUT2D eigenvalue weighted by Crippen LogP contribution is 2.50. The molecule has 2 aliphatic carbocycles. The Morgan fingerprint density at radius 3 is 2.48 bits per heavy atom. The summed E-state index contributed by atoms with van der Waals surface area (Å²) in [5.41, 5.74) is 5.33. The minimum absolute atomic E-state index is 0.00141. The maximum atomic E-state index is 12.7. The number of ether oxygens (including phenoxy) is 1. The molecule has 2 fully saturated rings. The maximum absolute atomic E-state index is 12.7. The molecule has 1 amide bonds. The molecule has 2 unspecified atom stereocenters. The predicted octanol–water partition coefficient (Wildman–Crippen LogP) is 2.60. The molecule has 0 heterocycles. The van der Waals surface area contributed by atoms with E-state index in [1.807, 2.05) is 20.8 Å². The van der Waals surface area contributed by atoms with Crippen LogP contribution < -0.4 is 11.1 Å². The van der Waals surface area contributed by atoms with Crippen molar-refractivity contribution in [3.05, 3.63) is 0 Å². The van der Waals surface area contributed by atoms with Crippen molar-refractivity contribution in [1.29, 1.82) is 0 Å². The van der Waals surface area contributed by atoms with Gasteiger partial charge in [0.1, 0.15) is 5.54 Å². The first-order valence-electron chi connectivity index (χ1n) is 8.54. The third-order valence-electron chi connectivity index (χ3n) is 5.95. The van der Waals surface area contributed by atoms with Gasteiger partial charge in [0.05, 0.1) is 6.10 Å². The summed E-state index contributed by atoms with van der Waals surface area (Å²) >= 11 is 0. The third-order valence-corrected chi connectivity index (χ3v) is 5.95. The Kier molecular flexibility index (Phi) is 4.99. The van der Waals surface area contributed by atoms with E-state index < -0.39 is 5.54 Å². The zero-order valence-electron chi connectivity index (χ0n) is 14.1. The van der Waals surface area contributed by atoms with Crippen LogP contribution in [-0.2, 0) is 9.53 Å². The average Bonchev–Trinajstić information content (AvgIpc) is 2.47. The van der Waals surface area contributed by atoms with E-state index in [0.29, 0.717) is 18.9 Å². The number of nitrogens with one attached hydrogen (secondary N) is 1. The van der Waals surface area contributed by atoms with Crippen LogP contribution in [0.15, 0.2) is 0 Å². The van der Waals surface area contributed by atoms with E-state index in [1.165, 1.54) is 32.1 Å². The summed E-state index contributed by atoms with van der Waals surface area (Å²) in [4.78, 5) is 12.7. The summed E-state index contributed by atoms with van der Waals surface area (Å²) in [6.45, 7) is 8.87. The van der Waals surface area contributed by atoms with Crippen LogP contribution in [-0.4, -0.2) is 30.2 Å². The van der Waals surface area contributed by atoms with Gasteiger partial charge in [0.15, 0.2) is 0 Å². The topological polar surface area (TPSA) is 64.3 Å². The number of carbonyl (C=O) groups is 1. The van der Waals surface area contributed by atoms with Gasteiger partial charge in [-0.05, 0) is 32.6 Å². The van der Waals surface area contributed by atoms with Crippen molar-refractivity contribution in [2.75, 3.05) is 6.61 Å². The summed E-state index contributed by atoms with van der Waals surface area (Å²) in [5, 5.41) is 3.19. The highest BCUT2D eigenvalue weighted by Gasteiger charge is 2.63. The van der Waals surface area contributed by atoms with Gasteiger partial charge in [0, 0.05) is 24.5 Å². The largest absolute Gasteiger partial charge is 0.378 e. The molecular weight excluding hydrogens is 264 g/mol. The smallest absolute Gasteiger partial charge is 0.241 e.